The monoisotopic (exact) mass is 287 g/mol. The van der Waals surface area contributed by atoms with Crippen molar-refractivity contribution in [3.8, 4) is 29.8 Å². The van der Waals surface area contributed by atoms with Crippen molar-refractivity contribution >= 4 is 5.97 Å². The van der Waals surface area contributed by atoms with Crippen LogP contribution in [0.2, 0.25) is 0 Å². The zero-order valence-corrected chi connectivity index (χ0v) is 12.8. The van der Waals surface area contributed by atoms with Crippen molar-refractivity contribution in [3.63, 3.8) is 0 Å². The van der Waals surface area contributed by atoms with Gasteiger partial charge in [0, 0.05) is 25.7 Å². The van der Waals surface area contributed by atoms with Gasteiger partial charge in [-0.25, -0.2) is 0 Å². The molecule has 0 aliphatic heterocycles. The second kappa shape index (κ2) is 16.1. The van der Waals surface area contributed by atoms with E-state index in [1.165, 1.54) is 0 Å². The standard InChI is InChI=1S/C18H25NO2/c19-17-15-13-11-9-7-5-3-1-2-4-6-8-10-12-14-16-18(20)21/h2,4,6,8-16H2,(H,20,21). The van der Waals surface area contributed by atoms with E-state index in [-0.39, 0.29) is 0 Å². The minimum absolute atomic E-state index is 0.292. The number of hydrogen-bond acceptors (Lipinski definition) is 2. The van der Waals surface area contributed by atoms with E-state index in [1.54, 1.807) is 0 Å². The SMILES string of the molecule is N#CCCCCC#CC#CCCCCCCCCC(=O)O. The summed E-state index contributed by atoms with van der Waals surface area (Å²) in [4.78, 5) is 10.3. The Bertz CT molecular complexity index is 426. The fraction of sp³-hybridized carbons (Fsp3) is 0.667. The van der Waals surface area contributed by atoms with Gasteiger partial charge < -0.3 is 5.11 Å². The first-order valence-electron chi connectivity index (χ1n) is 7.82. The average molecular weight is 287 g/mol. The first-order chi connectivity index (χ1) is 10.3. The predicted molar refractivity (Wildman–Crippen MR) is 84.2 cm³/mol. The third-order valence-corrected chi connectivity index (χ3v) is 3.02. The molecule has 3 nitrogen and oxygen atoms in total. The Hall–Kier alpha value is -1.92. The number of carbonyl (C=O) groups is 1. The van der Waals surface area contributed by atoms with Gasteiger partial charge in [0.05, 0.1) is 6.07 Å². The zero-order chi connectivity index (χ0) is 15.6. The molecule has 0 rings (SSSR count). The largest absolute Gasteiger partial charge is 0.481 e. The summed E-state index contributed by atoms with van der Waals surface area (Å²) in [5.41, 5.74) is 0. The molecule has 0 aliphatic carbocycles. The van der Waals surface area contributed by atoms with Gasteiger partial charge in [0.1, 0.15) is 0 Å². The molecule has 0 saturated heterocycles. The number of carboxylic acids is 1. The highest BCUT2D eigenvalue weighted by Gasteiger charge is 1.95. The summed E-state index contributed by atoms with van der Waals surface area (Å²) in [6.07, 6.45) is 10.8. The molecule has 114 valence electrons. The molecule has 0 unspecified atom stereocenters. The van der Waals surface area contributed by atoms with Gasteiger partial charge in [-0.3, -0.25) is 4.79 Å². The summed E-state index contributed by atoms with van der Waals surface area (Å²) in [6, 6.07) is 2.12. The van der Waals surface area contributed by atoms with Crippen LogP contribution in [0.1, 0.15) is 77.0 Å². The number of aliphatic carboxylic acids is 1. The number of unbranched alkanes of at least 4 members (excludes halogenated alkanes) is 9. The van der Waals surface area contributed by atoms with Crippen LogP contribution < -0.4 is 0 Å². The average Bonchev–Trinajstić information content (AvgIpc) is 2.46. The lowest BCUT2D eigenvalue weighted by Gasteiger charge is -1.98. The molecule has 0 spiro atoms. The van der Waals surface area contributed by atoms with E-state index in [1.807, 2.05) is 0 Å². The topological polar surface area (TPSA) is 61.1 Å². The van der Waals surface area contributed by atoms with E-state index in [0.29, 0.717) is 12.8 Å². The minimum Gasteiger partial charge on any atom is -0.481 e. The quantitative estimate of drug-likeness (QED) is 0.455. The Morgan fingerprint density at radius 1 is 0.762 bits per heavy atom. The first kappa shape index (κ1) is 19.1. The second-order valence-corrected chi connectivity index (χ2v) is 4.98. The number of nitrogens with zero attached hydrogens (tertiary/aromatic N) is 1. The molecule has 0 radical (unpaired) electrons. The molecule has 0 atom stereocenters. The molecule has 0 aromatic rings. The van der Waals surface area contributed by atoms with E-state index in [9.17, 15) is 4.79 Å². The summed E-state index contributed by atoms with van der Waals surface area (Å²) in [7, 11) is 0. The van der Waals surface area contributed by atoms with Crippen LogP contribution in [0.3, 0.4) is 0 Å². The van der Waals surface area contributed by atoms with Crippen molar-refractivity contribution in [3.05, 3.63) is 0 Å². The predicted octanol–water partition coefficient (Wildman–Crippen LogP) is 4.28. The third kappa shape index (κ3) is 18.1. The third-order valence-electron chi connectivity index (χ3n) is 3.02. The van der Waals surface area contributed by atoms with Gasteiger partial charge in [-0.2, -0.15) is 5.26 Å². The Balaban J connectivity index is 3.28. The van der Waals surface area contributed by atoms with Gasteiger partial charge in [-0.1, -0.05) is 37.5 Å². The van der Waals surface area contributed by atoms with E-state index in [0.717, 1.165) is 64.2 Å². The molecule has 0 aliphatic rings. The molecule has 21 heavy (non-hydrogen) atoms. The lowest BCUT2D eigenvalue weighted by molar-refractivity contribution is -0.137. The lowest BCUT2D eigenvalue weighted by atomic mass is 10.1. The van der Waals surface area contributed by atoms with Crippen LogP contribution >= 0.6 is 0 Å². The molecule has 1 N–H and O–H groups in total. The van der Waals surface area contributed by atoms with E-state index in [4.69, 9.17) is 10.4 Å². The Kier molecular flexibility index (Phi) is 14.7. The Labute approximate surface area is 128 Å². The summed E-state index contributed by atoms with van der Waals surface area (Å²) >= 11 is 0. The summed E-state index contributed by atoms with van der Waals surface area (Å²) < 4.78 is 0. The van der Waals surface area contributed by atoms with Crippen LogP contribution in [0.5, 0.6) is 0 Å². The number of rotatable bonds is 11. The van der Waals surface area contributed by atoms with Crippen LogP contribution in [-0.2, 0) is 4.79 Å². The molecule has 0 saturated carbocycles. The summed E-state index contributed by atoms with van der Waals surface area (Å²) in [5.74, 6) is 11.1. The fourth-order valence-corrected chi connectivity index (χ4v) is 1.83. The minimum atomic E-state index is -0.698. The van der Waals surface area contributed by atoms with Gasteiger partial charge in [-0.05, 0) is 37.5 Å². The van der Waals surface area contributed by atoms with Crippen molar-refractivity contribution < 1.29 is 9.90 Å². The molecule has 0 amide bonds. The number of hydrogen-bond donors (Lipinski definition) is 1. The molecule has 0 heterocycles. The normalized spacial score (nSPS) is 8.90. The van der Waals surface area contributed by atoms with Crippen molar-refractivity contribution in [2.45, 2.75) is 77.0 Å². The van der Waals surface area contributed by atoms with Gasteiger partial charge in [0.25, 0.3) is 0 Å². The van der Waals surface area contributed by atoms with Crippen LogP contribution in [0, 0.1) is 35.0 Å². The van der Waals surface area contributed by atoms with E-state index < -0.39 is 5.97 Å². The molecule has 0 bridgehead atoms. The van der Waals surface area contributed by atoms with Crippen LogP contribution in [-0.4, -0.2) is 11.1 Å². The van der Waals surface area contributed by atoms with Crippen LogP contribution in [0.25, 0.3) is 0 Å². The second-order valence-electron chi connectivity index (χ2n) is 4.98. The van der Waals surface area contributed by atoms with Crippen molar-refractivity contribution in [1.29, 1.82) is 5.26 Å². The molecule has 3 heteroatoms. The number of carboxylic acid groups (broad SMARTS) is 1. The molecule has 0 fully saturated rings. The van der Waals surface area contributed by atoms with Crippen molar-refractivity contribution in [2.75, 3.05) is 0 Å². The van der Waals surface area contributed by atoms with Crippen LogP contribution in [0.15, 0.2) is 0 Å². The smallest absolute Gasteiger partial charge is 0.303 e. The zero-order valence-electron chi connectivity index (χ0n) is 12.8. The first-order valence-corrected chi connectivity index (χ1v) is 7.82. The molecule has 0 aromatic heterocycles. The van der Waals surface area contributed by atoms with E-state index in [2.05, 4.69) is 29.8 Å². The maximum absolute atomic E-state index is 10.3. The van der Waals surface area contributed by atoms with Gasteiger partial charge in [0.15, 0.2) is 0 Å². The summed E-state index contributed by atoms with van der Waals surface area (Å²) in [5, 5.41) is 16.8. The highest BCUT2D eigenvalue weighted by molar-refractivity contribution is 5.66. The maximum atomic E-state index is 10.3. The van der Waals surface area contributed by atoms with Gasteiger partial charge in [-0.15, -0.1) is 0 Å². The molecule has 0 aromatic carbocycles. The Morgan fingerprint density at radius 3 is 1.81 bits per heavy atom. The van der Waals surface area contributed by atoms with Crippen LogP contribution in [0.4, 0.5) is 0 Å². The van der Waals surface area contributed by atoms with Crippen molar-refractivity contribution in [1.82, 2.24) is 0 Å². The maximum Gasteiger partial charge on any atom is 0.303 e. The molecular weight excluding hydrogens is 262 g/mol. The molecular formula is C18H25NO2. The lowest BCUT2D eigenvalue weighted by Crippen LogP contribution is -1.93. The fourth-order valence-electron chi connectivity index (χ4n) is 1.83. The van der Waals surface area contributed by atoms with Gasteiger partial charge in [0.2, 0.25) is 0 Å². The number of nitriles is 1. The highest BCUT2D eigenvalue weighted by Crippen LogP contribution is 2.08. The summed E-state index contributed by atoms with van der Waals surface area (Å²) in [6.45, 7) is 0. The van der Waals surface area contributed by atoms with Crippen molar-refractivity contribution in [2.24, 2.45) is 0 Å². The Morgan fingerprint density at radius 2 is 1.24 bits per heavy atom. The highest BCUT2D eigenvalue weighted by atomic mass is 16.4. The van der Waals surface area contributed by atoms with Gasteiger partial charge >= 0.3 is 5.97 Å². The van der Waals surface area contributed by atoms with E-state index >= 15 is 0 Å².